The number of nitrogens with zero attached hydrogens (tertiary/aromatic N) is 2. The molecule has 0 bridgehead atoms. The van der Waals surface area contributed by atoms with Crippen LogP contribution < -0.4 is 4.74 Å². The van der Waals surface area contributed by atoms with Crippen LogP contribution in [0.4, 0.5) is 4.39 Å². The molecule has 3 aliphatic rings. The van der Waals surface area contributed by atoms with Gasteiger partial charge in [-0.3, -0.25) is 4.79 Å². The Labute approximate surface area is 244 Å². The maximum absolute atomic E-state index is 15.6. The topological polar surface area (TPSA) is 32.8 Å². The predicted octanol–water partition coefficient (Wildman–Crippen LogP) is 6.68. The maximum atomic E-state index is 15.6. The molecule has 4 nitrogen and oxygen atoms in total. The molecule has 0 radical (unpaired) electrons. The molecule has 3 aromatic carbocycles. The quantitative estimate of drug-likeness (QED) is 0.277. The number of piperidine rings is 1. The molecular weight excluding hydrogens is 511 g/mol. The van der Waals surface area contributed by atoms with E-state index in [1.54, 1.807) is 0 Å². The minimum Gasteiger partial charge on any atom is -0.493 e. The number of alkyl halides is 1. The van der Waals surface area contributed by atoms with Crippen LogP contribution in [0, 0.1) is 11.8 Å². The number of halogens is 1. The van der Waals surface area contributed by atoms with Crippen LogP contribution in [0.3, 0.4) is 0 Å². The van der Waals surface area contributed by atoms with Crippen LogP contribution in [-0.4, -0.2) is 61.2 Å². The van der Waals surface area contributed by atoms with Crippen LogP contribution in [0.5, 0.6) is 5.75 Å². The van der Waals surface area contributed by atoms with Crippen molar-refractivity contribution in [2.45, 2.75) is 56.5 Å². The minimum atomic E-state index is -0.895. The van der Waals surface area contributed by atoms with Crippen LogP contribution in [0.1, 0.15) is 55.2 Å². The molecular formula is C36H43FN2O2. The number of fused-ring (bicyclic) bond motifs is 1. The van der Waals surface area contributed by atoms with Crippen LogP contribution in [0.2, 0.25) is 0 Å². The Morgan fingerprint density at radius 3 is 2.22 bits per heavy atom. The molecule has 0 aromatic heterocycles. The molecule has 3 aromatic rings. The van der Waals surface area contributed by atoms with Crippen molar-refractivity contribution in [2.24, 2.45) is 11.8 Å². The smallest absolute Gasteiger partial charge is 0.227 e. The summed E-state index contributed by atoms with van der Waals surface area (Å²) in [7, 11) is 0. The van der Waals surface area contributed by atoms with Crippen molar-refractivity contribution in [1.29, 1.82) is 0 Å². The fourth-order valence-corrected chi connectivity index (χ4v) is 7.76. The first-order valence-corrected chi connectivity index (χ1v) is 15.6. The second kappa shape index (κ2) is 12.8. The van der Waals surface area contributed by atoms with Crippen LogP contribution in [0.25, 0.3) is 0 Å². The summed E-state index contributed by atoms with van der Waals surface area (Å²) < 4.78 is 21.8. The van der Waals surface area contributed by atoms with E-state index in [0.717, 1.165) is 30.7 Å². The van der Waals surface area contributed by atoms with Crippen LogP contribution >= 0.6 is 0 Å². The van der Waals surface area contributed by atoms with E-state index in [2.05, 4.69) is 53.4 Å². The van der Waals surface area contributed by atoms with Crippen molar-refractivity contribution in [3.63, 3.8) is 0 Å². The van der Waals surface area contributed by atoms with Crippen molar-refractivity contribution >= 4 is 5.91 Å². The fourth-order valence-electron chi connectivity index (χ4n) is 7.76. The van der Waals surface area contributed by atoms with Crippen molar-refractivity contribution in [3.8, 4) is 5.75 Å². The molecule has 2 heterocycles. The fraction of sp³-hybridized carbons (Fsp3) is 0.472. The third kappa shape index (κ3) is 5.92. The molecule has 3 fully saturated rings. The molecule has 1 aliphatic carbocycles. The van der Waals surface area contributed by atoms with Gasteiger partial charge in [0, 0.05) is 36.5 Å². The highest BCUT2D eigenvalue weighted by molar-refractivity contribution is 5.80. The summed E-state index contributed by atoms with van der Waals surface area (Å²) in [6, 6.07) is 29.1. The van der Waals surface area contributed by atoms with Gasteiger partial charge in [0.2, 0.25) is 5.91 Å². The summed E-state index contributed by atoms with van der Waals surface area (Å²) in [5, 5.41) is 0. The van der Waals surface area contributed by atoms with Gasteiger partial charge in [-0.2, -0.15) is 0 Å². The van der Waals surface area contributed by atoms with Gasteiger partial charge in [-0.15, -0.1) is 0 Å². The molecule has 2 saturated heterocycles. The van der Waals surface area contributed by atoms with Crippen molar-refractivity contribution in [1.82, 2.24) is 9.80 Å². The monoisotopic (exact) mass is 554 g/mol. The number of benzene rings is 3. The number of hydrogen-bond donors (Lipinski definition) is 0. The Hall–Kier alpha value is -3.18. The van der Waals surface area contributed by atoms with Crippen molar-refractivity contribution in [2.75, 3.05) is 39.3 Å². The number of para-hydroxylation sites is 1. The van der Waals surface area contributed by atoms with Gasteiger partial charge in [0.1, 0.15) is 11.9 Å². The number of hydrogen-bond acceptors (Lipinski definition) is 3. The highest BCUT2D eigenvalue weighted by Crippen LogP contribution is 2.54. The van der Waals surface area contributed by atoms with E-state index in [0.29, 0.717) is 26.1 Å². The molecule has 41 heavy (non-hydrogen) atoms. The summed E-state index contributed by atoms with van der Waals surface area (Å²) in [5.74, 6) is 0.712. The maximum Gasteiger partial charge on any atom is 0.227 e. The lowest BCUT2D eigenvalue weighted by Gasteiger charge is -2.47. The average molecular weight is 555 g/mol. The highest BCUT2D eigenvalue weighted by Gasteiger charge is 2.55. The van der Waals surface area contributed by atoms with Crippen molar-refractivity contribution < 1.29 is 13.9 Å². The van der Waals surface area contributed by atoms with Gasteiger partial charge in [0.15, 0.2) is 0 Å². The van der Waals surface area contributed by atoms with E-state index in [4.69, 9.17) is 4.74 Å². The SMILES string of the molecule is O=C(Cc1ccccc1OCCCN1CCCCC1)N1C[C@@H]2[C@H](F)CCC(c3ccccc3)(c3ccccc3)[C@@H]2C1. The molecule has 3 atom stereocenters. The van der Waals surface area contributed by atoms with E-state index in [-0.39, 0.29) is 29.6 Å². The lowest BCUT2D eigenvalue weighted by atomic mass is 9.56. The zero-order chi connectivity index (χ0) is 28.1. The second-order valence-electron chi connectivity index (χ2n) is 12.2. The second-order valence-corrected chi connectivity index (χ2v) is 12.2. The van der Waals surface area contributed by atoms with E-state index in [1.165, 1.54) is 43.5 Å². The summed E-state index contributed by atoms with van der Waals surface area (Å²) in [6.07, 6.45) is 5.57. The van der Waals surface area contributed by atoms with Crippen molar-refractivity contribution in [3.05, 3.63) is 102 Å². The first-order valence-electron chi connectivity index (χ1n) is 15.6. The summed E-state index contributed by atoms with van der Waals surface area (Å²) in [6.45, 7) is 5.15. The summed E-state index contributed by atoms with van der Waals surface area (Å²) >= 11 is 0. The Morgan fingerprint density at radius 2 is 1.51 bits per heavy atom. The molecule has 0 spiro atoms. The van der Waals surface area contributed by atoms with E-state index in [1.807, 2.05) is 41.3 Å². The zero-order valence-electron chi connectivity index (χ0n) is 24.1. The number of amides is 1. The molecule has 216 valence electrons. The Bertz CT molecular complexity index is 1240. The molecule has 1 amide bonds. The Morgan fingerprint density at radius 1 is 0.854 bits per heavy atom. The number of likely N-dealkylation sites (tertiary alicyclic amines) is 2. The lowest BCUT2D eigenvalue weighted by molar-refractivity contribution is -0.129. The van der Waals surface area contributed by atoms with Gasteiger partial charge >= 0.3 is 0 Å². The van der Waals surface area contributed by atoms with Crippen LogP contribution in [0.15, 0.2) is 84.9 Å². The van der Waals surface area contributed by atoms with Crippen LogP contribution in [-0.2, 0) is 16.6 Å². The van der Waals surface area contributed by atoms with E-state index in [9.17, 15) is 4.79 Å². The first kappa shape index (κ1) is 28.0. The average Bonchev–Trinajstić information content (AvgIpc) is 3.49. The molecule has 0 unspecified atom stereocenters. The van der Waals surface area contributed by atoms with Gasteiger partial charge in [0.25, 0.3) is 0 Å². The first-order chi connectivity index (χ1) is 20.1. The summed E-state index contributed by atoms with van der Waals surface area (Å²) in [4.78, 5) is 18.2. The number of rotatable bonds is 9. The van der Waals surface area contributed by atoms with Gasteiger partial charge in [-0.25, -0.2) is 4.39 Å². The molecule has 1 saturated carbocycles. The zero-order valence-corrected chi connectivity index (χ0v) is 24.1. The molecule has 0 N–H and O–H groups in total. The largest absolute Gasteiger partial charge is 0.493 e. The third-order valence-corrected chi connectivity index (χ3v) is 9.85. The predicted molar refractivity (Wildman–Crippen MR) is 162 cm³/mol. The van der Waals surface area contributed by atoms with Gasteiger partial charge in [-0.05, 0) is 68.3 Å². The molecule has 2 aliphatic heterocycles. The molecule has 6 rings (SSSR count). The standard InChI is InChI=1S/C36H43FN2O2/c37-33-19-20-36(29-14-4-1-5-15-29,30-16-6-2-7-17-30)32-27-39(26-31(32)33)35(40)25-28-13-8-9-18-34(28)41-24-12-23-38-21-10-3-11-22-38/h1-2,4-9,13-18,31-33H,3,10-12,19-27H2/t31-,32+,33+/m0/s1. The third-order valence-electron chi connectivity index (χ3n) is 9.85. The number of carbonyl (C=O) groups is 1. The number of ether oxygens (including phenoxy) is 1. The summed E-state index contributed by atoms with van der Waals surface area (Å²) in [5.41, 5.74) is 3.07. The van der Waals surface area contributed by atoms with Gasteiger partial charge in [-0.1, -0.05) is 85.3 Å². The lowest BCUT2D eigenvalue weighted by Crippen LogP contribution is -2.47. The molecule has 5 heteroatoms. The van der Waals surface area contributed by atoms with Gasteiger partial charge < -0.3 is 14.5 Å². The van der Waals surface area contributed by atoms with E-state index >= 15 is 4.39 Å². The Balaban J connectivity index is 1.17. The number of carbonyl (C=O) groups excluding carboxylic acids is 1. The highest BCUT2D eigenvalue weighted by atomic mass is 19.1. The normalized spacial score (nSPS) is 24.1. The van der Waals surface area contributed by atoms with Gasteiger partial charge in [0.05, 0.1) is 13.0 Å². The minimum absolute atomic E-state index is 0.0290. The van der Waals surface area contributed by atoms with E-state index < -0.39 is 6.17 Å². The Kier molecular flexibility index (Phi) is 8.71.